The molecule has 0 spiro atoms. The van der Waals surface area contributed by atoms with E-state index in [2.05, 4.69) is 16.9 Å². The molecule has 3 aromatic rings. The molecular weight excluding hydrogens is 332 g/mol. The maximum Gasteiger partial charge on any atom is 0.435 e. The number of halogens is 3. The number of H-pyrrole nitrogens is 1. The van der Waals surface area contributed by atoms with E-state index in [1.165, 1.54) is 0 Å². The highest BCUT2D eigenvalue weighted by Crippen LogP contribution is 2.55. The molecule has 1 N–H and O–H groups in total. The Kier molecular flexibility index (Phi) is 4.46. The quantitative estimate of drug-likeness (QED) is 0.702. The van der Waals surface area contributed by atoms with E-state index < -0.39 is 19.1 Å². The van der Waals surface area contributed by atoms with Crippen LogP contribution in [0, 0.1) is 0 Å². The number of benzene rings is 2. The Morgan fingerprint density at radius 3 is 1.83 bits per heavy atom. The molecule has 0 amide bonds. The fraction of sp³-hybridized carbons (Fsp3) is 0.167. The van der Waals surface area contributed by atoms with Gasteiger partial charge in [-0.1, -0.05) is 36.4 Å². The van der Waals surface area contributed by atoms with E-state index in [9.17, 15) is 13.2 Å². The number of hydrogen-bond donors (Lipinski definition) is 1. The summed E-state index contributed by atoms with van der Waals surface area (Å²) in [5.74, 6) is 0. The first-order valence-electron chi connectivity index (χ1n) is 7.48. The van der Waals surface area contributed by atoms with Gasteiger partial charge in [-0.2, -0.15) is 18.3 Å². The highest BCUT2D eigenvalue weighted by atomic mass is 31.2. The Bertz CT molecular complexity index is 758. The molecule has 0 unspecified atom stereocenters. The number of nitrogens with one attached hydrogen (secondary N) is 1. The average molecular weight is 349 g/mol. The summed E-state index contributed by atoms with van der Waals surface area (Å²) in [4.78, 5) is 0. The first-order valence-corrected chi connectivity index (χ1v) is 9.90. The zero-order chi connectivity index (χ0) is 17.2. The maximum absolute atomic E-state index is 12.8. The minimum atomic E-state index is -4.43. The van der Waals surface area contributed by atoms with Gasteiger partial charge in [0.25, 0.3) is 0 Å². The molecule has 0 fully saturated rings. The van der Waals surface area contributed by atoms with Gasteiger partial charge in [-0.25, -0.2) is 0 Å². The molecule has 0 radical (unpaired) electrons. The highest BCUT2D eigenvalue weighted by Gasteiger charge is 2.40. The van der Waals surface area contributed by atoms with Gasteiger partial charge in [0.1, 0.15) is 6.16 Å². The van der Waals surface area contributed by atoms with Crippen LogP contribution < -0.4 is 10.6 Å². The molecule has 0 aliphatic rings. The Hall–Kier alpha value is -2.13. The van der Waals surface area contributed by atoms with Crippen molar-refractivity contribution >= 4 is 17.9 Å². The largest absolute Gasteiger partial charge is 0.435 e. The predicted molar refractivity (Wildman–Crippen MR) is 92.3 cm³/mol. The van der Waals surface area contributed by atoms with Crippen LogP contribution in [0.2, 0.25) is 0 Å². The number of hydrogen-bond acceptors (Lipinski definition) is 1. The van der Waals surface area contributed by atoms with Crippen molar-refractivity contribution in [2.75, 3.05) is 6.66 Å². The standard InChI is InChI=1S/C18H17F3N2P/c1-24(15-8-4-2-5-9-15,16-10-6-3-7-11-16)13-14-12-17(23-22-14)18(19,20)21/h2-12H,13H2,1H3,(H,22,23)/q+1. The summed E-state index contributed by atoms with van der Waals surface area (Å²) in [7, 11) is -1.87. The van der Waals surface area contributed by atoms with Crippen molar-refractivity contribution < 1.29 is 13.2 Å². The first kappa shape index (κ1) is 16.7. The monoisotopic (exact) mass is 349 g/mol. The van der Waals surface area contributed by atoms with Crippen LogP contribution in [0.3, 0.4) is 0 Å². The van der Waals surface area contributed by atoms with Crippen molar-refractivity contribution in [1.29, 1.82) is 0 Å². The normalized spacial score (nSPS) is 12.3. The minimum Gasteiger partial charge on any atom is -0.278 e. The summed E-state index contributed by atoms with van der Waals surface area (Å²) >= 11 is 0. The van der Waals surface area contributed by atoms with Crippen LogP contribution >= 0.6 is 7.26 Å². The van der Waals surface area contributed by atoms with Crippen molar-refractivity contribution in [1.82, 2.24) is 10.2 Å². The summed E-state index contributed by atoms with van der Waals surface area (Å²) in [6.45, 7) is 2.14. The van der Waals surface area contributed by atoms with Crippen LogP contribution in [-0.4, -0.2) is 16.9 Å². The van der Waals surface area contributed by atoms with Crippen LogP contribution in [0.15, 0.2) is 66.7 Å². The predicted octanol–water partition coefficient (Wildman–Crippen LogP) is 4.23. The lowest BCUT2D eigenvalue weighted by atomic mass is 10.3. The van der Waals surface area contributed by atoms with Crippen LogP contribution in [0.25, 0.3) is 0 Å². The Balaban J connectivity index is 2.02. The van der Waals surface area contributed by atoms with Gasteiger partial charge in [-0.3, -0.25) is 5.10 Å². The molecule has 24 heavy (non-hydrogen) atoms. The fourth-order valence-corrected chi connectivity index (χ4v) is 5.94. The molecule has 2 aromatic carbocycles. The van der Waals surface area contributed by atoms with Gasteiger partial charge >= 0.3 is 6.18 Å². The summed E-state index contributed by atoms with van der Waals surface area (Å²) in [6, 6.07) is 21.0. The molecule has 124 valence electrons. The second-order valence-corrected chi connectivity index (χ2v) is 9.53. The molecule has 0 atom stereocenters. The minimum absolute atomic E-state index is 0.504. The third-order valence-corrected chi connectivity index (χ3v) is 7.91. The van der Waals surface area contributed by atoms with Gasteiger partial charge in [0.2, 0.25) is 0 Å². The summed E-state index contributed by atoms with van der Waals surface area (Å²) in [5.41, 5.74) is -0.365. The Morgan fingerprint density at radius 1 is 0.917 bits per heavy atom. The Labute approximate surface area is 139 Å². The zero-order valence-corrected chi connectivity index (χ0v) is 14.0. The van der Waals surface area contributed by atoms with Gasteiger partial charge in [-0.05, 0) is 30.3 Å². The lowest BCUT2D eigenvalue weighted by Crippen LogP contribution is -2.23. The summed E-state index contributed by atoms with van der Waals surface area (Å²) in [5, 5.41) is 8.30. The zero-order valence-electron chi connectivity index (χ0n) is 13.1. The van der Waals surface area contributed by atoms with E-state index in [0.717, 1.165) is 16.7 Å². The number of nitrogens with zero attached hydrogens (tertiary/aromatic N) is 1. The molecule has 0 bridgehead atoms. The molecule has 0 saturated carbocycles. The molecule has 1 heterocycles. The van der Waals surface area contributed by atoms with Gasteiger partial charge < -0.3 is 0 Å². The molecule has 6 heteroatoms. The molecule has 0 aliphatic heterocycles. The van der Waals surface area contributed by atoms with Crippen LogP contribution in [0.5, 0.6) is 0 Å². The molecule has 0 aliphatic carbocycles. The van der Waals surface area contributed by atoms with E-state index in [-0.39, 0.29) is 0 Å². The van der Waals surface area contributed by atoms with Gasteiger partial charge in [0.05, 0.1) is 30.2 Å². The van der Waals surface area contributed by atoms with Crippen molar-refractivity contribution in [2.24, 2.45) is 0 Å². The van der Waals surface area contributed by atoms with Crippen molar-refractivity contribution in [3.63, 3.8) is 0 Å². The van der Waals surface area contributed by atoms with E-state index in [1.807, 2.05) is 60.7 Å². The van der Waals surface area contributed by atoms with Gasteiger partial charge in [0.15, 0.2) is 5.69 Å². The van der Waals surface area contributed by atoms with E-state index in [0.29, 0.717) is 11.9 Å². The topological polar surface area (TPSA) is 28.7 Å². The maximum atomic E-state index is 12.8. The number of alkyl halides is 3. The third-order valence-electron chi connectivity index (χ3n) is 4.06. The molecule has 3 rings (SSSR count). The smallest absolute Gasteiger partial charge is 0.278 e. The number of rotatable bonds is 4. The van der Waals surface area contributed by atoms with Crippen LogP contribution in [0.4, 0.5) is 13.2 Å². The van der Waals surface area contributed by atoms with E-state index in [1.54, 1.807) is 0 Å². The summed E-state index contributed by atoms with van der Waals surface area (Å²) in [6.07, 6.45) is -3.92. The number of aromatic amines is 1. The Morgan fingerprint density at radius 2 is 1.42 bits per heavy atom. The molecule has 0 saturated heterocycles. The van der Waals surface area contributed by atoms with Crippen LogP contribution in [-0.2, 0) is 12.3 Å². The first-order chi connectivity index (χ1) is 11.4. The van der Waals surface area contributed by atoms with Crippen molar-refractivity contribution in [2.45, 2.75) is 12.3 Å². The van der Waals surface area contributed by atoms with E-state index in [4.69, 9.17) is 0 Å². The SMILES string of the molecule is C[P+](Cc1cc(C(F)(F)F)n[nH]1)(c1ccccc1)c1ccccc1. The van der Waals surface area contributed by atoms with Crippen LogP contribution in [0.1, 0.15) is 11.4 Å². The van der Waals surface area contributed by atoms with Gasteiger partial charge in [0, 0.05) is 0 Å². The second-order valence-electron chi connectivity index (χ2n) is 5.80. The average Bonchev–Trinajstić information content (AvgIpc) is 3.05. The summed E-state index contributed by atoms with van der Waals surface area (Å²) < 4.78 is 38.4. The number of aromatic nitrogens is 2. The molecule has 2 nitrogen and oxygen atoms in total. The fourth-order valence-electron chi connectivity index (χ4n) is 2.77. The van der Waals surface area contributed by atoms with Crippen molar-refractivity contribution in [3.05, 3.63) is 78.1 Å². The second kappa shape index (κ2) is 6.40. The molecular formula is C18H17F3N2P+. The molecule has 1 aromatic heterocycles. The lowest BCUT2D eigenvalue weighted by Gasteiger charge is -2.22. The lowest BCUT2D eigenvalue weighted by molar-refractivity contribution is -0.141. The third kappa shape index (κ3) is 3.36. The van der Waals surface area contributed by atoms with E-state index >= 15 is 0 Å². The van der Waals surface area contributed by atoms with Gasteiger partial charge in [-0.15, -0.1) is 0 Å². The van der Waals surface area contributed by atoms with Crippen molar-refractivity contribution in [3.8, 4) is 0 Å². The highest BCUT2D eigenvalue weighted by molar-refractivity contribution is 7.88.